The van der Waals surface area contributed by atoms with Crippen molar-refractivity contribution in [3.8, 4) is 12.0 Å². The fraction of sp³-hybridized carbons (Fsp3) is 0.875. The van der Waals surface area contributed by atoms with E-state index in [-0.39, 0.29) is 0 Å². The molecular formula is C16H32OSi. The van der Waals surface area contributed by atoms with Crippen molar-refractivity contribution in [2.75, 3.05) is 0 Å². The summed E-state index contributed by atoms with van der Waals surface area (Å²) in [5.41, 5.74) is 0.509. The Balaban J connectivity index is 3.18. The minimum absolute atomic E-state index is 0.509. The van der Waals surface area contributed by atoms with E-state index in [1.165, 1.54) is 44.9 Å². The molecule has 0 aliphatic carbocycles. The summed E-state index contributed by atoms with van der Waals surface area (Å²) < 4.78 is 5.31. The molecule has 0 rings (SSSR count). The molecule has 0 aliphatic heterocycles. The van der Waals surface area contributed by atoms with Crippen LogP contribution in [0.4, 0.5) is 0 Å². The molecule has 18 heavy (non-hydrogen) atoms. The monoisotopic (exact) mass is 268 g/mol. The molecule has 0 radical (unpaired) electrons. The SMILES string of the molecule is C[SiH](C)OC#CCCCCCCCCC(C)(C)C. The summed E-state index contributed by atoms with van der Waals surface area (Å²) in [5, 5.41) is 0. The normalized spacial score (nSPS) is 11.2. The number of hydrogen-bond acceptors (Lipinski definition) is 1. The molecule has 0 saturated carbocycles. The Bertz CT molecular complexity index is 242. The van der Waals surface area contributed by atoms with Gasteiger partial charge in [-0.2, -0.15) is 0 Å². The molecule has 0 atom stereocenters. The highest BCUT2D eigenvalue weighted by molar-refractivity contribution is 6.48. The maximum absolute atomic E-state index is 5.31. The Hall–Kier alpha value is -0.423. The molecule has 0 spiro atoms. The molecule has 0 aliphatic rings. The molecule has 0 saturated heterocycles. The van der Waals surface area contributed by atoms with Gasteiger partial charge in [0.1, 0.15) is 0 Å². The number of hydrogen-bond donors (Lipinski definition) is 0. The van der Waals surface area contributed by atoms with Gasteiger partial charge in [-0.05, 0) is 31.4 Å². The van der Waals surface area contributed by atoms with Gasteiger partial charge < -0.3 is 4.43 Å². The van der Waals surface area contributed by atoms with Crippen molar-refractivity contribution in [2.45, 2.75) is 85.2 Å². The Morgan fingerprint density at radius 3 is 2.00 bits per heavy atom. The fourth-order valence-electron chi connectivity index (χ4n) is 1.79. The van der Waals surface area contributed by atoms with Crippen LogP contribution < -0.4 is 0 Å². The molecule has 1 nitrogen and oxygen atoms in total. The van der Waals surface area contributed by atoms with Crippen LogP contribution in [0.25, 0.3) is 0 Å². The van der Waals surface area contributed by atoms with E-state index in [4.69, 9.17) is 4.43 Å². The lowest BCUT2D eigenvalue weighted by Gasteiger charge is -2.17. The average molecular weight is 269 g/mol. The van der Waals surface area contributed by atoms with Crippen LogP contribution in [0.3, 0.4) is 0 Å². The van der Waals surface area contributed by atoms with Crippen molar-refractivity contribution >= 4 is 9.04 Å². The van der Waals surface area contributed by atoms with Crippen molar-refractivity contribution in [1.29, 1.82) is 0 Å². The van der Waals surface area contributed by atoms with Crippen LogP contribution in [0.5, 0.6) is 0 Å². The molecule has 0 amide bonds. The summed E-state index contributed by atoms with van der Waals surface area (Å²) in [6.45, 7) is 11.3. The standard InChI is InChI=1S/C16H32OSi/c1-16(2,3)14-12-10-8-6-7-9-11-13-15-17-18(4)5/h18H,6-12,14H2,1-5H3. The van der Waals surface area contributed by atoms with Gasteiger partial charge >= 0.3 is 0 Å². The summed E-state index contributed by atoms with van der Waals surface area (Å²) in [4.78, 5) is 0. The van der Waals surface area contributed by atoms with E-state index in [9.17, 15) is 0 Å². The first-order chi connectivity index (χ1) is 8.42. The molecule has 0 aromatic carbocycles. The molecule has 0 unspecified atom stereocenters. The van der Waals surface area contributed by atoms with Gasteiger partial charge in [-0.25, -0.2) is 0 Å². The molecule has 0 N–H and O–H groups in total. The minimum atomic E-state index is -0.936. The lowest BCUT2D eigenvalue weighted by Crippen LogP contribution is -2.03. The molecule has 106 valence electrons. The van der Waals surface area contributed by atoms with Gasteiger partial charge in [0.05, 0.1) is 6.11 Å². The summed E-state index contributed by atoms with van der Waals surface area (Å²) in [5.74, 6) is 3.10. The second-order valence-electron chi connectivity index (χ2n) is 6.63. The van der Waals surface area contributed by atoms with E-state index < -0.39 is 9.04 Å². The molecular weight excluding hydrogens is 236 g/mol. The van der Waals surface area contributed by atoms with E-state index in [0.29, 0.717) is 5.41 Å². The lowest BCUT2D eigenvalue weighted by atomic mass is 9.89. The zero-order valence-electron chi connectivity index (χ0n) is 13.1. The van der Waals surface area contributed by atoms with Crippen LogP contribution in [0.15, 0.2) is 0 Å². The highest BCUT2D eigenvalue weighted by atomic mass is 28.3. The Kier molecular flexibility index (Phi) is 10.2. The highest BCUT2D eigenvalue weighted by Gasteiger charge is 2.08. The lowest BCUT2D eigenvalue weighted by molar-refractivity contribution is 0.356. The van der Waals surface area contributed by atoms with Crippen molar-refractivity contribution in [2.24, 2.45) is 5.41 Å². The zero-order valence-corrected chi connectivity index (χ0v) is 14.3. The molecule has 2 heteroatoms. The minimum Gasteiger partial charge on any atom is -0.505 e. The summed E-state index contributed by atoms with van der Waals surface area (Å²) in [6, 6.07) is 0. The largest absolute Gasteiger partial charge is 0.505 e. The van der Waals surface area contributed by atoms with E-state index in [0.717, 1.165) is 6.42 Å². The Labute approximate surface area is 116 Å². The first-order valence-corrected chi connectivity index (χ1v) is 10.3. The zero-order chi connectivity index (χ0) is 13.9. The topological polar surface area (TPSA) is 9.23 Å². The average Bonchev–Trinajstić information content (AvgIpc) is 2.24. The third-order valence-corrected chi connectivity index (χ3v) is 3.43. The van der Waals surface area contributed by atoms with E-state index >= 15 is 0 Å². The van der Waals surface area contributed by atoms with Gasteiger partial charge in [-0.15, -0.1) is 0 Å². The van der Waals surface area contributed by atoms with E-state index in [1.54, 1.807) is 0 Å². The summed E-state index contributed by atoms with van der Waals surface area (Å²) >= 11 is 0. The summed E-state index contributed by atoms with van der Waals surface area (Å²) in [7, 11) is -0.936. The van der Waals surface area contributed by atoms with Gasteiger partial charge in [-0.1, -0.05) is 58.8 Å². The molecule has 0 heterocycles. The fourth-order valence-corrected chi connectivity index (χ4v) is 2.11. The molecule has 0 aromatic heterocycles. The van der Waals surface area contributed by atoms with Crippen LogP contribution in [0.2, 0.25) is 13.1 Å². The third kappa shape index (κ3) is 15.6. The van der Waals surface area contributed by atoms with Gasteiger partial charge in [-0.3, -0.25) is 0 Å². The highest BCUT2D eigenvalue weighted by Crippen LogP contribution is 2.22. The van der Waals surface area contributed by atoms with Crippen LogP contribution in [-0.2, 0) is 4.43 Å². The smallest absolute Gasteiger partial charge is 0.244 e. The van der Waals surface area contributed by atoms with Crippen molar-refractivity contribution < 1.29 is 4.43 Å². The molecule has 0 aromatic rings. The van der Waals surface area contributed by atoms with Gasteiger partial charge in [0.15, 0.2) is 0 Å². The van der Waals surface area contributed by atoms with Crippen LogP contribution in [0.1, 0.15) is 72.1 Å². The number of rotatable bonds is 8. The molecule has 0 bridgehead atoms. The maximum Gasteiger partial charge on any atom is 0.244 e. The van der Waals surface area contributed by atoms with Gasteiger partial charge in [0.2, 0.25) is 9.04 Å². The quantitative estimate of drug-likeness (QED) is 0.337. The second-order valence-corrected chi connectivity index (χ2v) is 8.96. The Morgan fingerprint density at radius 2 is 1.44 bits per heavy atom. The number of unbranched alkanes of at least 4 members (excludes halogenated alkanes) is 6. The van der Waals surface area contributed by atoms with Gasteiger partial charge in [0, 0.05) is 6.42 Å². The van der Waals surface area contributed by atoms with Crippen LogP contribution in [-0.4, -0.2) is 9.04 Å². The van der Waals surface area contributed by atoms with E-state index in [2.05, 4.69) is 45.9 Å². The van der Waals surface area contributed by atoms with Crippen molar-refractivity contribution in [3.63, 3.8) is 0 Å². The third-order valence-electron chi connectivity index (χ3n) is 2.85. The van der Waals surface area contributed by atoms with Crippen LogP contribution >= 0.6 is 0 Å². The first-order valence-electron chi connectivity index (χ1n) is 7.55. The predicted molar refractivity (Wildman–Crippen MR) is 84.1 cm³/mol. The van der Waals surface area contributed by atoms with Gasteiger partial charge in [0.25, 0.3) is 0 Å². The van der Waals surface area contributed by atoms with Crippen LogP contribution in [0, 0.1) is 17.4 Å². The van der Waals surface area contributed by atoms with E-state index in [1.807, 2.05) is 0 Å². The second kappa shape index (κ2) is 10.5. The Morgan fingerprint density at radius 1 is 0.889 bits per heavy atom. The van der Waals surface area contributed by atoms with Crippen molar-refractivity contribution in [1.82, 2.24) is 0 Å². The first kappa shape index (κ1) is 17.6. The predicted octanol–water partition coefficient (Wildman–Crippen LogP) is 5.11. The summed E-state index contributed by atoms with van der Waals surface area (Å²) in [6.07, 6.45) is 13.3. The maximum atomic E-state index is 5.31. The molecule has 0 fully saturated rings. The van der Waals surface area contributed by atoms with Crippen molar-refractivity contribution in [3.05, 3.63) is 0 Å².